The third kappa shape index (κ3) is 7.26. The van der Waals surface area contributed by atoms with Gasteiger partial charge in [-0.15, -0.1) is 0 Å². The van der Waals surface area contributed by atoms with E-state index < -0.39 is 24.5 Å². The highest BCUT2D eigenvalue weighted by Crippen LogP contribution is 2.43. The zero-order valence-electron chi connectivity index (χ0n) is 19.8. The summed E-state index contributed by atoms with van der Waals surface area (Å²) in [5, 5.41) is 3.01. The Morgan fingerprint density at radius 3 is 1.85 bits per heavy atom. The van der Waals surface area contributed by atoms with Crippen molar-refractivity contribution in [2.45, 2.75) is 40.2 Å². The number of benzene rings is 1. The lowest BCUT2D eigenvalue weighted by Gasteiger charge is -2.31. The highest BCUT2D eigenvalue weighted by molar-refractivity contribution is 6.00. The van der Waals surface area contributed by atoms with E-state index in [1.165, 1.54) is 18.2 Å². The number of carbonyl (C=O) groups excluding carboxylic acids is 2. The average molecular weight is 484 g/mol. The SMILES string of the molecule is CCOCCOC(=O)C1=C(C)NC(C)=C(C(=O)OCCOCC)C1c1ccccc1OC(F)F. The van der Waals surface area contributed by atoms with Crippen LogP contribution in [0.3, 0.4) is 0 Å². The molecule has 8 nitrogen and oxygen atoms in total. The molecule has 0 aliphatic carbocycles. The van der Waals surface area contributed by atoms with Crippen LogP contribution in [0.1, 0.15) is 39.2 Å². The second kappa shape index (κ2) is 13.7. The molecule has 1 aliphatic heterocycles. The molecule has 0 spiro atoms. The summed E-state index contributed by atoms with van der Waals surface area (Å²) in [6.07, 6.45) is 0. The summed E-state index contributed by atoms with van der Waals surface area (Å²) in [7, 11) is 0. The van der Waals surface area contributed by atoms with Crippen molar-refractivity contribution in [3.8, 4) is 5.75 Å². The van der Waals surface area contributed by atoms with Gasteiger partial charge in [0.1, 0.15) is 19.0 Å². The molecule has 0 amide bonds. The lowest BCUT2D eigenvalue weighted by molar-refractivity contribution is -0.141. The van der Waals surface area contributed by atoms with Crippen LogP contribution in [0, 0.1) is 0 Å². The topological polar surface area (TPSA) is 92.3 Å². The van der Waals surface area contributed by atoms with Gasteiger partial charge in [-0.3, -0.25) is 0 Å². The Hall–Kier alpha value is -2.98. The standard InChI is InChI=1S/C24H31F2NO7/c1-5-30-11-13-32-22(28)19-15(3)27-16(4)20(23(29)33-14-12-31-6-2)21(19)17-9-7-8-10-18(17)34-24(25)26/h7-10,21,24,27H,5-6,11-14H2,1-4H3. The van der Waals surface area contributed by atoms with Gasteiger partial charge in [0.2, 0.25) is 0 Å². The van der Waals surface area contributed by atoms with Gasteiger partial charge in [-0.1, -0.05) is 18.2 Å². The molecule has 0 unspecified atom stereocenters. The quantitative estimate of drug-likeness (QED) is 0.336. The first-order chi connectivity index (χ1) is 16.3. The Kier molecular flexibility index (Phi) is 11.0. The smallest absolute Gasteiger partial charge is 0.387 e. The number of para-hydroxylation sites is 1. The second-order valence-corrected chi connectivity index (χ2v) is 7.22. The fraction of sp³-hybridized carbons (Fsp3) is 0.500. The minimum Gasteiger partial charge on any atom is -0.460 e. The monoisotopic (exact) mass is 483 g/mol. The molecular formula is C24H31F2NO7. The van der Waals surface area contributed by atoms with E-state index in [0.29, 0.717) is 24.6 Å². The van der Waals surface area contributed by atoms with Gasteiger partial charge in [0.25, 0.3) is 0 Å². The molecule has 10 heteroatoms. The molecule has 2 rings (SSSR count). The van der Waals surface area contributed by atoms with Crippen molar-refractivity contribution in [1.29, 1.82) is 0 Å². The zero-order chi connectivity index (χ0) is 25.1. The number of carbonyl (C=O) groups is 2. The first-order valence-electron chi connectivity index (χ1n) is 11.0. The maximum absolute atomic E-state index is 13.1. The molecule has 0 radical (unpaired) electrons. The molecule has 0 bridgehead atoms. The fourth-order valence-corrected chi connectivity index (χ4v) is 3.60. The van der Waals surface area contributed by atoms with Crippen molar-refractivity contribution >= 4 is 11.9 Å². The zero-order valence-corrected chi connectivity index (χ0v) is 19.8. The fourth-order valence-electron chi connectivity index (χ4n) is 3.60. The van der Waals surface area contributed by atoms with Gasteiger partial charge in [0.15, 0.2) is 0 Å². The Morgan fingerprint density at radius 1 is 0.882 bits per heavy atom. The molecule has 0 atom stereocenters. The van der Waals surface area contributed by atoms with E-state index in [0.717, 1.165) is 0 Å². The summed E-state index contributed by atoms with van der Waals surface area (Å²) < 4.78 is 52.1. The van der Waals surface area contributed by atoms with Crippen molar-refractivity contribution < 1.29 is 42.1 Å². The molecule has 188 valence electrons. The van der Waals surface area contributed by atoms with Crippen LogP contribution in [0.5, 0.6) is 5.75 Å². The molecule has 0 aromatic heterocycles. The van der Waals surface area contributed by atoms with E-state index in [1.54, 1.807) is 19.9 Å². The molecule has 0 fully saturated rings. The van der Waals surface area contributed by atoms with Gasteiger partial charge in [0, 0.05) is 30.2 Å². The summed E-state index contributed by atoms with van der Waals surface area (Å²) in [4.78, 5) is 26.2. The van der Waals surface area contributed by atoms with Gasteiger partial charge in [-0.25, -0.2) is 9.59 Å². The van der Waals surface area contributed by atoms with Crippen LogP contribution in [-0.4, -0.2) is 58.2 Å². The summed E-state index contributed by atoms with van der Waals surface area (Å²) in [6, 6.07) is 6.01. The van der Waals surface area contributed by atoms with Gasteiger partial charge < -0.3 is 29.0 Å². The van der Waals surface area contributed by atoms with E-state index >= 15 is 0 Å². The molecule has 1 aromatic rings. The minimum atomic E-state index is -3.10. The van der Waals surface area contributed by atoms with E-state index in [-0.39, 0.29) is 48.9 Å². The van der Waals surface area contributed by atoms with Crippen molar-refractivity contribution in [1.82, 2.24) is 5.32 Å². The van der Waals surface area contributed by atoms with Crippen LogP contribution in [0.15, 0.2) is 46.8 Å². The lowest BCUT2D eigenvalue weighted by atomic mass is 9.80. The Bertz CT molecular complexity index is 868. The number of halogens is 2. The van der Waals surface area contributed by atoms with Crippen molar-refractivity contribution in [3.63, 3.8) is 0 Å². The number of esters is 2. The van der Waals surface area contributed by atoms with Gasteiger partial charge in [0.05, 0.1) is 30.3 Å². The summed E-state index contributed by atoms with van der Waals surface area (Å²) in [5.41, 5.74) is 1.22. The Balaban J connectivity index is 2.49. The third-order valence-corrected chi connectivity index (χ3v) is 4.98. The maximum atomic E-state index is 13.1. The number of dihydropyridines is 1. The number of hydrogen-bond donors (Lipinski definition) is 1. The van der Waals surface area contributed by atoms with E-state index in [1.807, 2.05) is 13.8 Å². The largest absolute Gasteiger partial charge is 0.460 e. The summed E-state index contributed by atoms with van der Waals surface area (Å²) >= 11 is 0. The van der Waals surface area contributed by atoms with Gasteiger partial charge >= 0.3 is 18.6 Å². The van der Waals surface area contributed by atoms with Crippen LogP contribution in [0.4, 0.5) is 8.78 Å². The number of ether oxygens (including phenoxy) is 5. The van der Waals surface area contributed by atoms with Crippen molar-refractivity contribution in [3.05, 3.63) is 52.4 Å². The highest BCUT2D eigenvalue weighted by atomic mass is 19.3. The molecule has 1 aliphatic rings. The molecular weight excluding hydrogens is 452 g/mol. The van der Waals surface area contributed by atoms with Crippen LogP contribution in [0.2, 0.25) is 0 Å². The van der Waals surface area contributed by atoms with Crippen molar-refractivity contribution in [2.75, 3.05) is 39.6 Å². The molecule has 0 saturated carbocycles. The molecule has 1 heterocycles. The van der Waals surface area contributed by atoms with E-state index in [4.69, 9.17) is 23.7 Å². The van der Waals surface area contributed by atoms with Crippen LogP contribution in [-0.2, 0) is 28.5 Å². The van der Waals surface area contributed by atoms with Gasteiger partial charge in [-0.2, -0.15) is 8.78 Å². The van der Waals surface area contributed by atoms with E-state index in [2.05, 4.69) is 5.32 Å². The van der Waals surface area contributed by atoms with Crippen LogP contribution in [0.25, 0.3) is 0 Å². The number of allylic oxidation sites excluding steroid dienone is 2. The predicted molar refractivity (Wildman–Crippen MR) is 119 cm³/mol. The first-order valence-corrected chi connectivity index (χ1v) is 11.0. The number of alkyl halides is 2. The molecule has 1 N–H and O–H groups in total. The predicted octanol–water partition coefficient (Wildman–Crippen LogP) is 3.68. The van der Waals surface area contributed by atoms with Gasteiger partial charge in [-0.05, 0) is 33.8 Å². The van der Waals surface area contributed by atoms with Crippen LogP contribution < -0.4 is 10.1 Å². The number of hydrogen-bond acceptors (Lipinski definition) is 8. The Labute approximate surface area is 197 Å². The van der Waals surface area contributed by atoms with Crippen LogP contribution >= 0.6 is 0 Å². The summed E-state index contributed by atoms with van der Waals surface area (Å²) in [5.74, 6) is -2.65. The molecule has 0 saturated heterocycles. The van der Waals surface area contributed by atoms with E-state index in [9.17, 15) is 18.4 Å². The number of nitrogens with one attached hydrogen (secondary N) is 1. The normalized spacial score (nSPS) is 14.3. The van der Waals surface area contributed by atoms with Crippen molar-refractivity contribution in [2.24, 2.45) is 0 Å². The maximum Gasteiger partial charge on any atom is 0.387 e. The minimum absolute atomic E-state index is 0.0117. The first kappa shape index (κ1) is 27.3. The summed E-state index contributed by atoms with van der Waals surface area (Å²) in [6.45, 7) is 5.10. The highest BCUT2D eigenvalue weighted by Gasteiger charge is 2.39. The molecule has 1 aromatic carbocycles. The average Bonchev–Trinajstić information content (AvgIpc) is 2.79. The number of rotatable bonds is 13. The third-order valence-electron chi connectivity index (χ3n) is 4.98. The Morgan fingerprint density at radius 2 is 1.38 bits per heavy atom. The lowest BCUT2D eigenvalue weighted by Crippen LogP contribution is -2.33. The second-order valence-electron chi connectivity index (χ2n) is 7.22. The molecule has 34 heavy (non-hydrogen) atoms.